The number of hydrogen-bond donors (Lipinski definition) is 0. The predicted octanol–water partition coefficient (Wildman–Crippen LogP) is 11.9. The third-order valence-electron chi connectivity index (χ3n) is 15.4. The van der Waals surface area contributed by atoms with Crippen LogP contribution in [0.2, 0.25) is 10.0 Å². The molecule has 6 aliphatic rings. The second-order valence-electron chi connectivity index (χ2n) is 19.5. The quantitative estimate of drug-likeness (QED) is 0.152. The summed E-state index contributed by atoms with van der Waals surface area (Å²) in [6.07, 6.45) is 8.30. The van der Waals surface area contributed by atoms with Crippen molar-refractivity contribution in [1.29, 1.82) is 0 Å². The lowest BCUT2D eigenvalue weighted by molar-refractivity contribution is -0.121. The van der Waals surface area contributed by atoms with Gasteiger partial charge in [0.15, 0.2) is 0 Å². The summed E-state index contributed by atoms with van der Waals surface area (Å²) < 4.78 is 0. The number of nitrogens with zero attached hydrogens (tertiary/aromatic N) is 4. The van der Waals surface area contributed by atoms with E-state index in [4.69, 9.17) is 23.2 Å². The van der Waals surface area contributed by atoms with E-state index in [1.54, 1.807) is 0 Å². The Labute approximate surface area is 408 Å². The average molecular weight is 942 g/mol. The number of carbonyl (C=O) groups is 4. The zero-order valence-corrected chi connectivity index (χ0v) is 39.6. The smallest absolute Gasteiger partial charge is 0.253 e. The fraction of sp³-hybridized carbons (Fsp3) is 0.310. The first-order valence-electron chi connectivity index (χ1n) is 24.3. The van der Waals surface area contributed by atoms with Crippen LogP contribution in [0.25, 0.3) is 0 Å². The Morgan fingerprint density at radius 1 is 0.471 bits per heavy atom. The van der Waals surface area contributed by atoms with Crippen LogP contribution in [0.3, 0.4) is 0 Å². The summed E-state index contributed by atoms with van der Waals surface area (Å²) in [5.41, 5.74) is 8.89. The fourth-order valence-electron chi connectivity index (χ4n) is 11.7. The van der Waals surface area contributed by atoms with Crippen LogP contribution in [0.1, 0.15) is 117 Å². The zero-order chi connectivity index (χ0) is 46.6. The van der Waals surface area contributed by atoms with Gasteiger partial charge >= 0.3 is 0 Å². The maximum atomic E-state index is 13.9. The molecule has 10 heteroatoms. The van der Waals surface area contributed by atoms with Crippen LogP contribution in [0, 0.1) is 0 Å². The van der Waals surface area contributed by atoms with Gasteiger partial charge in [-0.1, -0.05) is 108 Å². The number of anilines is 2. The number of amides is 4. The van der Waals surface area contributed by atoms with E-state index >= 15 is 0 Å². The molecule has 68 heavy (non-hydrogen) atoms. The minimum atomic E-state index is -0.494. The first-order chi connectivity index (χ1) is 33.2. The largest absolute Gasteiger partial charge is 0.339 e. The van der Waals surface area contributed by atoms with Crippen molar-refractivity contribution in [2.24, 2.45) is 0 Å². The molecule has 2 saturated heterocycles. The maximum Gasteiger partial charge on any atom is 0.253 e. The molecule has 0 aromatic heterocycles. The van der Waals surface area contributed by atoms with Crippen molar-refractivity contribution >= 4 is 58.2 Å². The van der Waals surface area contributed by atoms with Gasteiger partial charge in [0.1, 0.15) is 0 Å². The molecule has 0 unspecified atom stereocenters. The number of para-hydroxylation sites is 2. The molecule has 4 fully saturated rings. The summed E-state index contributed by atoms with van der Waals surface area (Å²) in [5.74, 6) is 0.820. The molecular weight excluding hydrogens is 888 g/mol. The average Bonchev–Trinajstić information content (AvgIpc) is 4.30. The number of halogens is 2. The van der Waals surface area contributed by atoms with Crippen LogP contribution in [0.4, 0.5) is 11.4 Å². The minimum Gasteiger partial charge on any atom is -0.339 e. The standard InChI is InChI=1S/2C29H27ClN2O2/c2*30-23-13-11-21(12-14-23)25-18-29(25)24-9-2-3-10-26(24)32(28(29)34)19-20-7-6-8-22(17-20)27(33)31-15-4-1-5-16-31/h2*2-3,6-14,17,25H,1,4-5,15-16,18-19H2/t2*25-,29-/m10/s1. The molecule has 12 rings (SSSR count). The normalized spacial score (nSPS) is 23.3. The Morgan fingerprint density at radius 2 is 0.853 bits per heavy atom. The number of hydrogen-bond acceptors (Lipinski definition) is 4. The van der Waals surface area contributed by atoms with E-state index in [0.717, 1.165) is 109 Å². The Balaban J connectivity index is 0.000000149. The van der Waals surface area contributed by atoms with Crippen LogP contribution < -0.4 is 9.80 Å². The van der Waals surface area contributed by atoms with Gasteiger partial charge < -0.3 is 19.6 Å². The number of piperidine rings is 2. The SMILES string of the molecule is O=C(c1cccc(CN2C(=O)[C@@]3(C[C@H]3c3ccc(Cl)cc3)c3ccccc32)c1)N1CCCCC1.O=C(c1cccc(CN2C(=O)[C@]3(C[C@@H]3c3ccc(Cl)cc3)c3ccccc32)c1)N1CCCCC1. The highest BCUT2D eigenvalue weighted by Crippen LogP contribution is 2.67. The molecule has 0 radical (unpaired) electrons. The molecule has 4 amide bonds. The van der Waals surface area contributed by atoms with Crippen molar-refractivity contribution in [3.05, 3.63) is 200 Å². The number of likely N-dealkylation sites (tertiary alicyclic amines) is 2. The van der Waals surface area contributed by atoms with Crippen molar-refractivity contribution in [1.82, 2.24) is 9.80 Å². The number of benzene rings is 6. The van der Waals surface area contributed by atoms with Gasteiger partial charge in [-0.25, -0.2) is 0 Å². The highest BCUT2D eigenvalue weighted by Gasteiger charge is 2.68. The number of carbonyl (C=O) groups excluding carboxylic acids is 4. The van der Waals surface area contributed by atoms with Crippen molar-refractivity contribution in [3.8, 4) is 0 Å². The number of rotatable bonds is 8. The summed E-state index contributed by atoms with van der Waals surface area (Å²) in [5, 5.41) is 1.41. The minimum absolute atomic E-state index is 0.0937. The van der Waals surface area contributed by atoms with E-state index in [9.17, 15) is 19.2 Å². The highest BCUT2D eigenvalue weighted by molar-refractivity contribution is 6.30. The van der Waals surface area contributed by atoms with E-state index in [-0.39, 0.29) is 35.5 Å². The molecular formula is C58H54Cl2N4O4. The van der Waals surface area contributed by atoms with Gasteiger partial charge in [-0.15, -0.1) is 0 Å². The van der Waals surface area contributed by atoms with Gasteiger partial charge in [0, 0.05) is 70.6 Å². The molecule has 2 saturated carbocycles. The predicted molar refractivity (Wildman–Crippen MR) is 269 cm³/mol. The van der Waals surface area contributed by atoms with Crippen LogP contribution in [-0.2, 0) is 33.5 Å². The van der Waals surface area contributed by atoms with Crippen molar-refractivity contribution < 1.29 is 19.2 Å². The van der Waals surface area contributed by atoms with Gasteiger partial charge in [-0.3, -0.25) is 19.2 Å². The van der Waals surface area contributed by atoms with E-state index in [1.165, 1.54) is 12.8 Å². The van der Waals surface area contributed by atoms with Crippen LogP contribution in [-0.4, -0.2) is 59.6 Å². The molecule has 8 nitrogen and oxygen atoms in total. The Bertz CT molecular complexity index is 2730. The van der Waals surface area contributed by atoms with Crippen LogP contribution in [0.5, 0.6) is 0 Å². The summed E-state index contributed by atoms with van der Waals surface area (Å²) in [6.45, 7) is 4.24. The highest BCUT2D eigenvalue weighted by atomic mass is 35.5. The van der Waals surface area contributed by atoms with Gasteiger partial charge in [-0.05, 0) is 145 Å². The second kappa shape index (κ2) is 18.0. The van der Waals surface area contributed by atoms with Gasteiger partial charge in [0.05, 0.1) is 23.9 Å². The monoisotopic (exact) mass is 940 g/mol. The van der Waals surface area contributed by atoms with Gasteiger partial charge in [-0.2, -0.15) is 0 Å². The third-order valence-corrected chi connectivity index (χ3v) is 15.9. The Morgan fingerprint density at radius 3 is 1.25 bits per heavy atom. The van der Waals surface area contributed by atoms with Crippen LogP contribution in [0.15, 0.2) is 146 Å². The van der Waals surface area contributed by atoms with Gasteiger partial charge in [0.2, 0.25) is 11.8 Å². The van der Waals surface area contributed by atoms with E-state index in [0.29, 0.717) is 34.3 Å². The van der Waals surface area contributed by atoms with E-state index in [2.05, 4.69) is 12.1 Å². The molecule has 4 aliphatic heterocycles. The maximum absolute atomic E-state index is 13.9. The van der Waals surface area contributed by atoms with E-state index in [1.807, 2.05) is 153 Å². The van der Waals surface area contributed by atoms with Crippen molar-refractivity contribution in [2.75, 3.05) is 36.0 Å². The summed E-state index contributed by atoms with van der Waals surface area (Å²) in [6, 6.07) is 47.6. The molecule has 2 spiro atoms. The van der Waals surface area contributed by atoms with Gasteiger partial charge in [0.25, 0.3) is 11.8 Å². The van der Waals surface area contributed by atoms with Crippen molar-refractivity contribution in [2.45, 2.75) is 87.1 Å². The van der Waals surface area contributed by atoms with Crippen molar-refractivity contribution in [3.63, 3.8) is 0 Å². The molecule has 0 bridgehead atoms. The lowest BCUT2D eigenvalue weighted by Crippen LogP contribution is -2.35. The fourth-order valence-corrected chi connectivity index (χ4v) is 12.0. The molecule has 6 aromatic rings. The Kier molecular flexibility index (Phi) is 11.7. The lowest BCUT2D eigenvalue weighted by Gasteiger charge is -2.27. The van der Waals surface area contributed by atoms with E-state index < -0.39 is 10.8 Å². The zero-order valence-electron chi connectivity index (χ0n) is 38.1. The summed E-state index contributed by atoms with van der Waals surface area (Å²) in [4.78, 5) is 61.6. The molecule has 2 aliphatic carbocycles. The molecule has 4 atom stereocenters. The lowest BCUT2D eigenvalue weighted by atomic mass is 9.92. The first kappa shape index (κ1) is 44.3. The molecule has 0 N–H and O–H groups in total. The molecule has 344 valence electrons. The van der Waals surface area contributed by atoms with Crippen LogP contribution >= 0.6 is 23.2 Å². The molecule has 4 heterocycles. The number of fused-ring (bicyclic) bond motifs is 4. The topological polar surface area (TPSA) is 81.2 Å². The second-order valence-corrected chi connectivity index (χ2v) is 20.4. The molecule has 6 aromatic carbocycles. The first-order valence-corrected chi connectivity index (χ1v) is 25.0. The Hall–Kier alpha value is -6.22. The summed E-state index contributed by atoms with van der Waals surface area (Å²) >= 11 is 12.2. The summed E-state index contributed by atoms with van der Waals surface area (Å²) in [7, 11) is 0. The third kappa shape index (κ3) is 7.89.